The molecule has 1 atom stereocenters. The van der Waals surface area contributed by atoms with Gasteiger partial charge >= 0.3 is 17.9 Å². The Balaban J connectivity index is 4.33. The minimum Gasteiger partial charge on any atom is -0.462 e. The molecule has 0 rings (SSSR count). The second-order valence-corrected chi connectivity index (χ2v) is 23.1. The van der Waals surface area contributed by atoms with Gasteiger partial charge in [0.2, 0.25) is 0 Å². The van der Waals surface area contributed by atoms with Crippen LogP contribution < -0.4 is 0 Å². The molecular weight excluding hydrogens is 985 g/mol. The maximum atomic E-state index is 12.9. The highest BCUT2D eigenvalue weighted by Crippen LogP contribution is 2.18. The lowest BCUT2D eigenvalue weighted by atomic mass is 10.0. The fourth-order valence-electron chi connectivity index (χ4n) is 10.00. The molecular formula is C74H130O6. The number of rotatable bonds is 63. The lowest BCUT2D eigenvalue weighted by Gasteiger charge is -2.18. The molecule has 0 fully saturated rings. The number of unbranched alkanes of at least 4 members (excludes halogenated alkanes) is 38. The lowest BCUT2D eigenvalue weighted by molar-refractivity contribution is -0.166. The summed E-state index contributed by atoms with van der Waals surface area (Å²) in [7, 11) is 0. The molecule has 0 aliphatic carbocycles. The van der Waals surface area contributed by atoms with Crippen LogP contribution in [0, 0.1) is 0 Å². The van der Waals surface area contributed by atoms with Crippen LogP contribution in [0.25, 0.3) is 0 Å². The van der Waals surface area contributed by atoms with Crippen LogP contribution in [0.15, 0.2) is 85.1 Å². The zero-order valence-corrected chi connectivity index (χ0v) is 53.1. The highest BCUT2D eigenvalue weighted by molar-refractivity contribution is 5.71. The molecule has 0 aliphatic heterocycles. The number of carbonyl (C=O) groups excluding carboxylic acids is 3. The van der Waals surface area contributed by atoms with Crippen LogP contribution >= 0.6 is 0 Å². The third kappa shape index (κ3) is 65.4. The zero-order chi connectivity index (χ0) is 57.8. The normalized spacial score (nSPS) is 12.6. The summed E-state index contributed by atoms with van der Waals surface area (Å²) in [5.74, 6) is -0.984. The monoisotopic (exact) mass is 1110 g/mol. The average Bonchev–Trinajstić information content (AvgIpc) is 3.46. The van der Waals surface area contributed by atoms with Gasteiger partial charge in [-0.25, -0.2) is 0 Å². The summed E-state index contributed by atoms with van der Waals surface area (Å²) in [5, 5.41) is 0. The van der Waals surface area contributed by atoms with Gasteiger partial charge in [-0.2, -0.15) is 0 Å². The van der Waals surface area contributed by atoms with E-state index in [1.807, 2.05) is 6.08 Å². The van der Waals surface area contributed by atoms with E-state index in [9.17, 15) is 14.4 Å². The molecule has 1 unspecified atom stereocenters. The van der Waals surface area contributed by atoms with Crippen molar-refractivity contribution in [1.29, 1.82) is 0 Å². The Kier molecular flexibility index (Phi) is 65.2. The molecule has 6 heteroatoms. The van der Waals surface area contributed by atoms with E-state index < -0.39 is 6.10 Å². The Bertz CT molecular complexity index is 1520. The Morgan fingerprint density at radius 2 is 0.512 bits per heavy atom. The van der Waals surface area contributed by atoms with Crippen molar-refractivity contribution < 1.29 is 28.6 Å². The first-order valence-corrected chi connectivity index (χ1v) is 34.6. The van der Waals surface area contributed by atoms with Crippen molar-refractivity contribution in [1.82, 2.24) is 0 Å². The van der Waals surface area contributed by atoms with Gasteiger partial charge in [0.1, 0.15) is 13.2 Å². The molecule has 80 heavy (non-hydrogen) atoms. The van der Waals surface area contributed by atoms with Crippen molar-refractivity contribution in [2.24, 2.45) is 0 Å². The van der Waals surface area contributed by atoms with E-state index in [-0.39, 0.29) is 37.5 Å². The van der Waals surface area contributed by atoms with Crippen LogP contribution in [0.5, 0.6) is 0 Å². The van der Waals surface area contributed by atoms with E-state index in [1.165, 1.54) is 212 Å². The standard InChI is InChI=1S/C74H130O6/c1-4-7-10-13-16-19-22-25-28-30-32-33-34-35-36-37-38-39-40-42-43-46-49-52-55-58-61-64-67-73(76)79-70-71(69-78-72(75)66-63-60-57-54-51-48-45-27-24-21-18-15-12-9-6-3)80-74(77)68-65-62-59-56-53-50-47-44-41-31-29-26-23-20-17-14-11-8-5-2/h8,11,17,20,26-27,29,41,44-45,50,53,59,62,71H,4-7,9-10,12-16,18-19,21-25,28,30-40,42-43,46-49,51-52,54-58,60-61,63-70H2,1-3H3/b11-8-,20-17-,29-26-,44-41-,45-27-,53-50-,62-59-. The van der Waals surface area contributed by atoms with E-state index >= 15 is 0 Å². The minimum atomic E-state index is -0.821. The lowest BCUT2D eigenvalue weighted by Crippen LogP contribution is -2.30. The summed E-state index contributed by atoms with van der Waals surface area (Å²) in [6.45, 7) is 6.50. The number of hydrogen-bond donors (Lipinski definition) is 0. The van der Waals surface area contributed by atoms with Gasteiger partial charge in [0.05, 0.1) is 0 Å². The first-order valence-electron chi connectivity index (χ1n) is 34.6. The molecule has 0 radical (unpaired) electrons. The summed E-state index contributed by atoms with van der Waals surface area (Å²) >= 11 is 0. The van der Waals surface area contributed by atoms with Gasteiger partial charge in [0.25, 0.3) is 0 Å². The van der Waals surface area contributed by atoms with E-state index in [4.69, 9.17) is 14.2 Å². The smallest absolute Gasteiger partial charge is 0.306 e. The van der Waals surface area contributed by atoms with Crippen LogP contribution in [0.3, 0.4) is 0 Å². The van der Waals surface area contributed by atoms with Gasteiger partial charge in [-0.15, -0.1) is 0 Å². The molecule has 0 amide bonds. The molecule has 6 nitrogen and oxygen atoms in total. The number of allylic oxidation sites excluding steroid dienone is 14. The van der Waals surface area contributed by atoms with E-state index in [0.717, 1.165) is 89.9 Å². The van der Waals surface area contributed by atoms with Gasteiger partial charge in [0.15, 0.2) is 6.10 Å². The fraction of sp³-hybridized carbons (Fsp3) is 0.770. The highest BCUT2D eigenvalue weighted by atomic mass is 16.6. The van der Waals surface area contributed by atoms with Crippen molar-refractivity contribution in [3.05, 3.63) is 85.1 Å². The second-order valence-electron chi connectivity index (χ2n) is 23.1. The molecule has 0 aromatic heterocycles. The number of esters is 3. The third-order valence-electron chi connectivity index (χ3n) is 15.1. The zero-order valence-electron chi connectivity index (χ0n) is 53.1. The predicted molar refractivity (Wildman–Crippen MR) is 348 cm³/mol. The van der Waals surface area contributed by atoms with E-state index in [0.29, 0.717) is 19.3 Å². The van der Waals surface area contributed by atoms with Crippen molar-refractivity contribution in [2.45, 2.75) is 354 Å². The molecule has 462 valence electrons. The van der Waals surface area contributed by atoms with Gasteiger partial charge in [0, 0.05) is 19.3 Å². The van der Waals surface area contributed by atoms with Gasteiger partial charge < -0.3 is 14.2 Å². The quantitative estimate of drug-likeness (QED) is 0.0261. The molecule has 0 aromatic carbocycles. The minimum absolute atomic E-state index is 0.106. The topological polar surface area (TPSA) is 78.9 Å². The Labute approximate surface area is 496 Å². The predicted octanol–water partition coefficient (Wildman–Crippen LogP) is 23.8. The Morgan fingerprint density at radius 1 is 0.263 bits per heavy atom. The first kappa shape index (κ1) is 76.6. The van der Waals surface area contributed by atoms with Crippen LogP contribution in [0.2, 0.25) is 0 Å². The SMILES string of the molecule is CC/C=C\C/C=C\C/C=C\C/C=C\C/C=C\C/C=C\CCC(=O)OC(COC(=O)CCCCCCC/C=C\CCCCCCCC)COC(=O)CCCCCCCCCCCCCCCCCCCCCCCCCCCCCC. The van der Waals surface area contributed by atoms with Crippen LogP contribution in [-0.4, -0.2) is 37.2 Å². The summed E-state index contributed by atoms with van der Waals surface area (Å²) in [5.41, 5.74) is 0. The van der Waals surface area contributed by atoms with Gasteiger partial charge in [-0.3, -0.25) is 14.4 Å². The summed E-state index contributed by atoms with van der Waals surface area (Å²) in [6, 6.07) is 0. The summed E-state index contributed by atoms with van der Waals surface area (Å²) in [4.78, 5) is 38.3. The third-order valence-corrected chi connectivity index (χ3v) is 15.1. The largest absolute Gasteiger partial charge is 0.462 e. The van der Waals surface area contributed by atoms with Crippen molar-refractivity contribution in [3.63, 3.8) is 0 Å². The van der Waals surface area contributed by atoms with Crippen LogP contribution in [0.4, 0.5) is 0 Å². The maximum Gasteiger partial charge on any atom is 0.306 e. The molecule has 0 bridgehead atoms. The molecule has 0 saturated heterocycles. The van der Waals surface area contributed by atoms with E-state index in [1.54, 1.807) is 0 Å². The van der Waals surface area contributed by atoms with Gasteiger partial charge in [-0.1, -0.05) is 331 Å². The second kappa shape index (κ2) is 68.1. The van der Waals surface area contributed by atoms with Crippen LogP contribution in [0.1, 0.15) is 348 Å². The first-order chi connectivity index (χ1) is 39.5. The molecule has 0 aliphatic rings. The summed E-state index contributed by atoms with van der Waals surface area (Å²) in [6.07, 6.45) is 90.6. The summed E-state index contributed by atoms with van der Waals surface area (Å²) < 4.78 is 16.9. The van der Waals surface area contributed by atoms with E-state index in [2.05, 4.69) is 99.8 Å². The molecule has 0 aromatic rings. The van der Waals surface area contributed by atoms with Gasteiger partial charge in [-0.05, 0) is 83.5 Å². The number of ether oxygens (including phenoxy) is 3. The van der Waals surface area contributed by atoms with Crippen molar-refractivity contribution in [2.75, 3.05) is 13.2 Å². The van der Waals surface area contributed by atoms with Crippen molar-refractivity contribution >= 4 is 17.9 Å². The van der Waals surface area contributed by atoms with Crippen molar-refractivity contribution in [3.8, 4) is 0 Å². The Morgan fingerprint density at radius 3 is 0.812 bits per heavy atom. The number of carbonyl (C=O) groups is 3. The molecule has 0 N–H and O–H groups in total. The number of hydrogen-bond acceptors (Lipinski definition) is 6. The van der Waals surface area contributed by atoms with Crippen LogP contribution in [-0.2, 0) is 28.6 Å². The average molecular weight is 1120 g/mol. The molecule has 0 saturated carbocycles. The molecule has 0 heterocycles. The maximum absolute atomic E-state index is 12.9. The Hall–Kier alpha value is -3.41. The highest BCUT2D eigenvalue weighted by Gasteiger charge is 2.19. The molecule has 0 spiro atoms. The fourth-order valence-corrected chi connectivity index (χ4v) is 10.00.